The van der Waals surface area contributed by atoms with Gasteiger partial charge in [-0.15, -0.1) is 5.53 Å². The number of nitrogens with one attached hydrogen (secondary N) is 1. The average molecular weight is 181 g/mol. The molecule has 2 N–H and O–H groups in total. The van der Waals surface area contributed by atoms with E-state index in [1.807, 2.05) is 0 Å². The van der Waals surface area contributed by atoms with Gasteiger partial charge in [-0.05, 0) is 28.7 Å². The highest BCUT2D eigenvalue weighted by molar-refractivity contribution is 5.84. The maximum atomic E-state index is 9.97. The zero-order chi connectivity index (χ0) is 10.1. The monoisotopic (exact) mass is 181 g/mol. The molecule has 0 aromatic carbocycles. The number of furan rings is 1. The van der Waals surface area contributed by atoms with Crippen LogP contribution in [0.15, 0.2) is 28.9 Å². The molecule has 0 saturated heterocycles. The summed E-state index contributed by atoms with van der Waals surface area (Å²) in [6.07, 6.45) is 3.91. The Balaban J connectivity index is 0.000000424. The molecule has 6 heteroatoms. The van der Waals surface area contributed by atoms with Crippen molar-refractivity contribution in [1.29, 1.82) is 5.53 Å². The summed E-state index contributed by atoms with van der Waals surface area (Å²) in [5.41, 5.74) is 12.2. The van der Waals surface area contributed by atoms with E-state index in [0.29, 0.717) is 5.76 Å². The third kappa shape index (κ3) is 6.21. The topological polar surface area (TPSA) is 111 Å². The van der Waals surface area contributed by atoms with Crippen LogP contribution in [0.4, 0.5) is 0 Å². The molecule has 6 nitrogen and oxygen atoms in total. The van der Waals surface area contributed by atoms with Gasteiger partial charge in [0.15, 0.2) is 0 Å². The minimum absolute atomic E-state index is 0.544. The van der Waals surface area contributed by atoms with Crippen molar-refractivity contribution < 1.29 is 14.3 Å². The van der Waals surface area contributed by atoms with Crippen LogP contribution >= 0.6 is 0 Å². The molecular formula is C7H7N3O3. The van der Waals surface area contributed by atoms with Crippen molar-refractivity contribution in [2.75, 3.05) is 0 Å². The van der Waals surface area contributed by atoms with E-state index in [4.69, 9.17) is 20.6 Å². The second-order valence-electron chi connectivity index (χ2n) is 1.79. The quantitative estimate of drug-likeness (QED) is 0.316. The summed E-state index contributed by atoms with van der Waals surface area (Å²) < 4.78 is 4.83. The maximum absolute atomic E-state index is 9.97. The summed E-state index contributed by atoms with van der Waals surface area (Å²) in [5, 5.41) is 8.18. The molecule has 1 rings (SSSR count). The summed E-state index contributed by atoms with van der Waals surface area (Å²) >= 11 is 0. The van der Waals surface area contributed by atoms with Gasteiger partial charge in [-0.1, -0.05) is 0 Å². The summed E-state index contributed by atoms with van der Waals surface area (Å²) in [5.74, 6) is -0.432. The number of carboxylic acids is 1. The largest absolute Gasteiger partial charge is 0.478 e. The Hall–Kier alpha value is -2.20. The molecule has 1 heterocycles. The molecule has 0 spiro atoms. The molecule has 0 aliphatic carbocycles. The Labute approximate surface area is 73.5 Å². The van der Waals surface area contributed by atoms with Gasteiger partial charge >= 0.3 is 5.97 Å². The van der Waals surface area contributed by atoms with Gasteiger partial charge in [0.1, 0.15) is 5.76 Å². The van der Waals surface area contributed by atoms with E-state index >= 15 is 0 Å². The van der Waals surface area contributed by atoms with E-state index in [2.05, 4.69) is 0 Å². The second kappa shape index (κ2) is 6.51. The molecule has 0 fully saturated rings. The Morgan fingerprint density at radius 2 is 2.38 bits per heavy atom. The van der Waals surface area contributed by atoms with Gasteiger partial charge in [0, 0.05) is 6.08 Å². The van der Waals surface area contributed by atoms with Crippen molar-refractivity contribution in [3.63, 3.8) is 0 Å². The Kier molecular flexibility index (Phi) is 5.41. The highest BCUT2D eigenvalue weighted by Gasteiger charge is 1.88. The van der Waals surface area contributed by atoms with Crippen LogP contribution < -0.4 is 0 Å². The average Bonchev–Trinajstić information content (AvgIpc) is 2.54. The first-order chi connectivity index (χ1) is 6.20. The number of carboxylic acid groups (broad SMARTS) is 1. The number of aliphatic carboxylic acids is 1. The van der Waals surface area contributed by atoms with E-state index in [1.165, 1.54) is 12.3 Å². The van der Waals surface area contributed by atoms with E-state index in [9.17, 15) is 4.79 Å². The molecule has 68 valence electrons. The number of nitrogens with zero attached hydrogens (tertiary/aromatic N) is 2. The van der Waals surface area contributed by atoms with Crippen molar-refractivity contribution in [3.05, 3.63) is 40.7 Å². The summed E-state index contributed by atoms with van der Waals surface area (Å²) in [7, 11) is 0. The number of carbonyl (C=O) groups is 1. The van der Waals surface area contributed by atoms with Crippen molar-refractivity contribution in [2.45, 2.75) is 0 Å². The molecule has 0 saturated carbocycles. The van der Waals surface area contributed by atoms with Gasteiger partial charge in [-0.3, -0.25) is 0 Å². The molecule has 0 radical (unpaired) electrons. The predicted molar refractivity (Wildman–Crippen MR) is 44.8 cm³/mol. The van der Waals surface area contributed by atoms with Crippen molar-refractivity contribution in [1.82, 2.24) is 0 Å². The first-order valence-corrected chi connectivity index (χ1v) is 3.16. The SMILES string of the molecule is O=C(O)C=Cc1ccco1.[N-]=[N+]=N. The number of hydrogen-bond acceptors (Lipinski definition) is 3. The lowest BCUT2D eigenvalue weighted by molar-refractivity contribution is -0.131. The molecule has 1 aromatic heterocycles. The number of rotatable bonds is 2. The first kappa shape index (κ1) is 10.8. The minimum atomic E-state index is -0.976. The predicted octanol–water partition coefficient (Wildman–Crippen LogP) is 2.25. The van der Waals surface area contributed by atoms with Gasteiger partial charge in [0.2, 0.25) is 0 Å². The fraction of sp³-hybridized carbons (Fsp3) is 0. The van der Waals surface area contributed by atoms with Crippen LogP contribution in [0.2, 0.25) is 0 Å². The fourth-order valence-electron chi connectivity index (χ4n) is 0.540. The highest BCUT2D eigenvalue weighted by Crippen LogP contribution is 2.01. The lowest BCUT2D eigenvalue weighted by atomic mass is 10.4. The molecule has 0 aliphatic heterocycles. The van der Waals surface area contributed by atoms with Crippen molar-refractivity contribution in [2.24, 2.45) is 0 Å². The normalized spacial score (nSPS) is 8.62. The molecule has 0 atom stereocenters. The molecule has 13 heavy (non-hydrogen) atoms. The van der Waals surface area contributed by atoms with E-state index in [-0.39, 0.29) is 0 Å². The maximum Gasteiger partial charge on any atom is 0.328 e. The van der Waals surface area contributed by atoms with Gasteiger partial charge in [-0.25, -0.2) is 4.79 Å². The number of hydrogen-bond donors (Lipinski definition) is 2. The minimum Gasteiger partial charge on any atom is -0.478 e. The third-order valence-corrected chi connectivity index (χ3v) is 0.933. The Bertz CT molecular complexity index is 310. The van der Waals surface area contributed by atoms with Crippen molar-refractivity contribution >= 4 is 12.0 Å². The summed E-state index contributed by atoms with van der Waals surface area (Å²) in [6.45, 7) is 0. The van der Waals surface area contributed by atoms with Crippen LogP contribution in [0.5, 0.6) is 0 Å². The zero-order valence-corrected chi connectivity index (χ0v) is 6.54. The van der Waals surface area contributed by atoms with Crippen LogP contribution in [0.3, 0.4) is 0 Å². The summed E-state index contributed by atoms with van der Waals surface area (Å²) in [4.78, 5) is 11.7. The fourth-order valence-corrected chi connectivity index (χ4v) is 0.540. The van der Waals surface area contributed by atoms with Crippen LogP contribution in [0.25, 0.3) is 16.5 Å². The summed E-state index contributed by atoms with van der Waals surface area (Å²) in [6, 6.07) is 3.38. The van der Waals surface area contributed by atoms with Gasteiger partial charge < -0.3 is 9.52 Å². The van der Waals surface area contributed by atoms with E-state index in [0.717, 1.165) is 6.08 Å². The van der Waals surface area contributed by atoms with Crippen LogP contribution in [-0.2, 0) is 4.79 Å². The molecule has 1 aromatic rings. The van der Waals surface area contributed by atoms with Gasteiger partial charge in [0.25, 0.3) is 0 Å². The second-order valence-corrected chi connectivity index (χ2v) is 1.79. The lowest BCUT2D eigenvalue weighted by Crippen LogP contribution is -1.84. The van der Waals surface area contributed by atoms with Gasteiger partial charge in [0.05, 0.1) is 6.26 Å². The smallest absolute Gasteiger partial charge is 0.328 e. The van der Waals surface area contributed by atoms with Crippen LogP contribution in [-0.4, -0.2) is 11.1 Å². The first-order valence-electron chi connectivity index (χ1n) is 3.16. The van der Waals surface area contributed by atoms with E-state index < -0.39 is 5.97 Å². The van der Waals surface area contributed by atoms with Crippen molar-refractivity contribution in [3.8, 4) is 0 Å². The van der Waals surface area contributed by atoms with Crippen LogP contribution in [0.1, 0.15) is 5.76 Å². The standard InChI is InChI=1S/C7H6O3.HN3/c8-7(9)4-3-6-2-1-5-10-6;1-3-2/h1-5H,(H,8,9);1H. The molecule has 0 aliphatic rings. The molecule has 0 amide bonds. The zero-order valence-electron chi connectivity index (χ0n) is 6.54. The molecule has 0 bridgehead atoms. The van der Waals surface area contributed by atoms with E-state index in [1.54, 1.807) is 17.0 Å². The Morgan fingerprint density at radius 1 is 1.77 bits per heavy atom. The van der Waals surface area contributed by atoms with Crippen LogP contribution in [0, 0.1) is 5.53 Å². The molecular weight excluding hydrogens is 174 g/mol. The van der Waals surface area contributed by atoms with Gasteiger partial charge in [-0.2, -0.15) is 0 Å². The third-order valence-electron chi connectivity index (χ3n) is 0.933. The molecule has 0 unspecified atom stereocenters. The highest BCUT2D eigenvalue weighted by atomic mass is 16.4. The lowest BCUT2D eigenvalue weighted by Gasteiger charge is -1.79. The Morgan fingerprint density at radius 3 is 2.77 bits per heavy atom.